The van der Waals surface area contributed by atoms with E-state index in [1.807, 2.05) is 18.2 Å². The van der Waals surface area contributed by atoms with Crippen LogP contribution in [0, 0.1) is 0 Å². The van der Waals surface area contributed by atoms with Crippen molar-refractivity contribution >= 4 is 44.5 Å². The number of amides is 1. The first-order chi connectivity index (χ1) is 12.5. The molecule has 0 unspecified atom stereocenters. The first kappa shape index (κ1) is 15.5. The van der Waals surface area contributed by atoms with Gasteiger partial charge in [0.25, 0.3) is 0 Å². The summed E-state index contributed by atoms with van der Waals surface area (Å²) in [6, 6.07) is 5.90. The van der Waals surface area contributed by atoms with Gasteiger partial charge in [-0.25, -0.2) is 4.79 Å². The van der Waals surface area contributed by atoms with Gasteiger partial charge in [0.2, 0.25) is 5.91 Å². The molecule has 0 saturated heterocycles. The Morgan fingerprint density at radius 2 is 2.12 bits per heavy atom. The van der Waals surface area contributed by atoms with Crippen molar-refractivity contribution in [2.24, 2.45) is 0 Å². The third-order valence-corrected chi connectivity index (χ3v) is 5.65. The molecule has 130 valence electrons. The Morgan fingerprint density at radius 3 is 2.81 bits per heavy atom. The molecule has 1 fully saturated rings. The fraction of sp³-hybridized carbons (Fsp3) is 0.222. The molecule has 2 aromatic heterocycles. The van der Waals surface area contributed by atoms with E-state index in [0.717, 1.165) is 44.1 Å². The minimum absolute atomic E-state index is 0.0600. The van der Waals surface area contributed by atoms with Crippen molar-refractivity contribution in [1.82, 2.24) is 14.8 Å². The van der Waals surface area contributed by atoms with E-state index in [4.69, 9.17) is 5.11 Å². The smallest absolute Gasteiger partial charge is 0.432 e. The van der Waals surface area contributed by atoms with Gasteiger partial charge >= 0.3 is 6.09 Å². The third-order valence-electron chi connectivity index (χ3n) is 5.16. The maximum Gasteiger partial charge on any atom is 0.432 e. The molecule has 3 aromatic rings. The van der Waals surface area contributed by atoms with E-state index in [0.29, 0.717) is 5.56 Å². The molecule has 1 amide bonds. The van der Waals surface area contributed by atoms with Crippen LogP contribution in [0.5, 0.6) is 0 Å². The van der Waals surface area contributed by atoms with Crippen molar-refractivity contribution in [3.8, 4) is 0 Å². The molecule has 1 N–H and O–H groups in total. The molecule has 0 bridgehead atoms. The number of rotatable bonds is 2. The average Bonchev–Trinajstić information content (AvgIpc) is 3.21. The fourth-order valence-electron chi connectivity index (χ4n) is 3.81. The first-order valence-electron chi connectivity index (χ1n) is 8.17. The molecule has 8 heteroatoms. The summed E-state index contributed by atoms with van der Waals surface area (Å²) in [5.41, 5.74) is 2.92. The minimum Gasteiger partial charge on any atom is -0.463 e. The summed E-state index contributed by atoms with van der Waals surface area (Å²) < 4.78 is 1.80. The van der Waals surface area contributed by atoms with Gasteiger partial charge in [0, 0.05) is 27.2 Å². The van der Waals surface area contributed by atoms with Gasteiger partial charge in [-0.15, -0.1) is 0 Å². The average molecular weight is 413 g/mol. The SMILES string of the molecule is O=C(O)n1cc(CN2C(=O)C3(CC3)c3c2cnc2ccc(Br)cc32)cn1. The zero-order chi connectivity index (χ0) is 18.1. The van der Waals surface area contributed by atoms with Crippen LogP contribution in [-0.4, -0.2) is 31.9 Å². The second-order valence-electron chi connectivity index (χ2n) is 6.73. The van der Waals surface area contributed by atoms with E-state index in [1.54, 1.807) is 11.1 Å². The lowest BCUT2D eigenvalue weighted by Gasteiger charge is -2.16. The monoisotopic (exact) mass is 412 g/mol. The normalized spacial score (nSPS) is 17.1. The molecule has 0 radical (unpaired) electrons. The number of carbonyl (C=O) groups excluding carboxylic acids is 1. The van der Waals surface area contributed by atoms with Crippen molar-refractivity contribution in [2.45, 2.75) is 24.8 Å². The number of hydrogen-bond donors (Lipinski definition) is 1. The van der Waals surface area contributed by atoms with Gasteiger partial charge in [-0.3, -0.25) is 9.78 Å². The predicted molar refractivity (Wildman–Crippen MR) is 97.2 cm³/mol. The van der Waals surface area contributed by atoms with Gasteiger partial charge in [-0.1, -0.05) is 15.9 Å². The fourth-order valence-corrected chi connectivity index (χ4v) is 4.17. The molecule has 5 rings (SSSR count). The number of anilines is 1. The molecule has 2 aliphatic rings. The standard InChI is InChI=1S/C18H13BrN4O3/c19-11-1-2-13-12(5-11)15-14(7-20-13)22(16(24)18(15)3-4-18)8-10-6-21-23(9-10)17(25)26/h1-2,5-7,9H,3-4,8H2,(H,25,26). The zero-order valence-electron chi connectivity index (χ0n) is 13.5. The van der Waals surface area contributed by atoms with Crippen molar-refractivity contribution in [3.63, 3.8) is 0 Å². The molecule has 1 aromatic carbocycles. The molecule has 1 spiro atoms. The van der Waals surface area contributed by atoms with Crippen molar-refractivity contribution in [2.75, 3.05) is 4.90 Å². The highest BCUT2D eigenvalue weighted by molar-refractivity contribution is 9.10. The van der Waals surface area contributed by atoms with E-state index in [2.05, 4.69) is 26.0 Å². The largest absolute Gasteiger partial charge is 0.463 e. The van der Waals surface area contributed by atoms with E-state index in [-0.39, 0.29) is 12.5 Å². The van der Waals surface area contributed by atoms with Crippen molar-refractivity contribution in [3.05, 3.63) is 52.4 Å². The van der Waals surface area contributed by atoms with Crippen molar-refractivity contribution < 1.29 is 14.7 Å². The van der Waals surface area contributed by atoms with Crippen LogP contribution in [0.1, 0.15) is 24.0 Å². The molecule has 1 aliphatic heterocycles. The second kappa shape index (κ2) is 5.14. The summed E-state index contributed by atoms with van der Waals surface area (Å²) in [7, 11) is 0. The molecule has 26 heavy (non-hydrogen) atoms. The van der Waals surface area contributed by atoms with Crippen LogP contribution in [-0.2, 0) is 16.8 Å². The summed E-state index contributed by atoms with van der Waals surface area (Å²) in [5, 5.41) is 13.8. The van der Waals surface area contributed by atoms with Crippen LogP contribution in [0.25, 0.3) is 10.9 Å². The summed E-state index contributed by atoms with van der Waals surface area (Å²) >= 11 is 3.51. The van der Waals surface area contributed by atoms with E-state index < -0.39 is 11.5 Å². The van der Waals surface area contributed by atoms with Gasteiger partial charge in [-0.2, -0.15) is 9.78 Å². The van der Waals surface area contributed by atoms with Crippen LogP contribution < -0.4 is 4.90 Å². The number of benzene rings is 1. The summed E-state index contributed by atoms with van der Waals surface area (Å²) in [6.45, 7) is 0.280. The first-order valence-corrected chi connectivity index (χ1v) is 8.96. The van der Waals surface area contributed by atoms with Crippen LogP contribution in [0.15, 0.2) is 41.3 Å². The second-order valence-corrected chi connectivity index (χ2v) is 7.64. The molecule has 3 heterocycles. The maximum atomic E-state index is 13.2. The Bertz CT molecular complexity index is 1100. The van der Waals surface area contributed by atoms with E-state index in [1.165, 1.54) is 12.4 Å². The number of halogens is 1. The highest BCUT2D eigenvalue weighted by atomic mass is 79.9. The van der Waals surface area contributed by atoms with Gasteiger partial charge < -0.3 is 10.0 Å². The molecule has 0 atom stereocenters. The lowest BCUT2D eigenvalue weighted by Crippen LogP contribution is -2.31. The van der Waals surface area contributed by atoms with Crippen LogP contribution in [0.2, 0.25) is 0 Å². The third kappa shape index (κ3) is 2.05. The summed E-state index contributed by atoms with van der Waals surface area (Å²) in [5.74, 6) is 0.0600. The summed E-state index contributed by atoms with van der Waals surface area (Å²) in [6.07, 6.45) is 5.16. The Labute approximate surface area is 156 Å². The Morgan fingerprint density at radius 1 is 1.31 bits per heavy atom. The quantitative estimate of drug-likeness (QED) is 0.697. The lowest BCUT2D eigenvalue weighted by atomic mass is 9.94. The topological polar surface area (TPSA) is 88.3 Å². The maximum absolute atomic E-state index is 13.2. The highest BCUT2D eigenvalue weighted by Crippen LogP contribution is 2.59. The summed E-state index contributed by atoms with van der Waals surface area (Å²) in [4.78, 5) is 30.4. The van der Waals surface area contributed by atoms with Crippen LogP contribution >= 0.6 is 15.9 Å². The molecular weight excluding hydrogens is 400 g/mol. The van der Waals surface area contributed by atoms with E-state index in [9.17, 15) is 9.59 Å². The van der Waals surface area contributed by atoms with Crippen molar-refractivity contribution in [1.29, 1.82) is 0 Å². The number of pyridine rings is 1. The molecule has 7 nitrogen and oxygen atoms in total. The Hall–Kier alpha value is -2.74. The lowest BCUT2D eigenvalue weighted by molar-refractivity contribution is -0.120. The number of carbonyl (C=O) groups is 2. The zero-order valence-corrected chi connectivity index (χ0v) is 15.1. The van der Waals surface area contributed by atoms with Crippen LogP contribution in [0.4, 0.5) is 10.5 Å². The molecular formula is C18H13BrN4O3. The van der Waals surface area contributed by atoms with Gasteiger partial charge in [-0.05, 0) is 31.0 Å². The minimum atomic E-state index is -1.15. The van der Waals surface area contributed by atoms with E-state index >= 15 is 0 Å². The Kier molecular flexibility index (Phi) is 3.06. The predicted octanol–water partition coefficient (Wildman–Crippen LogP) is 3.30. The number of hydrogen-bond acceptors (Lipinski definition) is 4. The Balaban J connectivity index is 1.63. The number of fused-ring (bicyclic) bond motifs is 4. The number of nitrogens with zero attached hydrogens (tertiary/aromatic N) is 4. The number of carboxylic acid groups (broad SMARTS) is 1. The number of aromatic nitrogens is 3. The van der Waals surface area contributed by atoms with Crippen LogP contribution in [0.3, 0.4) is 0 Å². The molecule has 1 aliphatic carbocycles. The van der Waals surface area contributed by atoms with Gasteiger partial charge in [0.1, 0.15) is 0 Å². The van der Waals surface area contributed by atoms with Gasteiger partial charge in [0.05, 0.1) is 35.6 Å². The van der Waals surface area contributed by atoms with Gasteiger partial charge in [0.15, 0.2) is 0 Å². The highest BCUT2D eigenvalue weighted by Gasteiger charge is 2.60. The molecule has 1 saturated carbocycles.